The summed E-state index contributed by atoms with van der Waals surface area (Å²) in [6.45, 7) is 0. The zero-order valence-electron chi connectivity index (χ0n) is 15.2. The van der Waals surface area contributed by atoms with E-state index in [4.69, 9.17) is 0 Å². The minimum Gasteiger partial charge on any atom is -0.326 e. The largest absolute Gasteiger partial charge is 0.326 e. The van der Waals surface area contributed by atoms with Crippen molar-refractivity contribution >= 4 is 23.2 Å². The lowest BCUT2D eigenvalue weighted by atomic mass is 9.88. The van der Waals surface area contributed by atoms with E-state index in [1.807, 2.05) is 24.3 Å². The minimum absolute atomic E-state index is 0.177. The normalized spacial score (nSPS) is 37.1. The van der Waals surface area contributed by atoms with Crippen molar-refractivity contribution in [2.24, 2.45) is 35.5 Å². The summed E-state index contributed by atoms with van der Waals surface area (Å²) in [5.41, 5.74) is 1.66. The predicted molar refractivity (Wildman–Crippen MR) is 102 cm³/mol. The Morgan fingerprint density at radius 1 is 0.654 bits per heavy atom. The SMILES string of the molecule is O=C(Nc1ccc(NC(=O)C2CC3CCC2C3)cc1)C1CC2CCC1C2. The second kappa shape index (κ2) is 6.40. The molecule has 4 bridgehead atoms. The van der Waals surface area contributed by atoms with Crippen LogP contribution in [0.3, 0.4) is 0 Å². The molecule has 2 amide bonds. The van der Waals surface area contributed by atoms with E-state index >= 15 is 0 Å². The van der Waals surface area contributed by atoms with E-state index in [-0.39, 0.29) is 23.7 Å². The molecule has 0 radical (unpaired) electrons. The first-order valence-electron chi connectivity index (χ1n) is 10.4. The fraction of sp³-hybridized carbons (Fsp3) is 0.636. The molecule has 6 unspecified atom stereocenters. The molecule has 4 heteroatoms. The highest BCUT2D eigenvalue weighted by atomic mass is 16.2. The maximum atomic E-state index is 12.5. The number of carbonyl (C=O) groups is 2. The Labute approximate surface area is 155 Å². The lowest BCUT2D eigenvalue weighted by molar-refractivity contribution is -0.122. The summed E-state index contributed by atoms with van der Waals surface area (Å²) in [5, 5.41) is 6.15. The molecule has 4 nitrogen and oxygen atoms in total. The van der Waals surface area contributed by atoms with Gasteiger partial charge in [0.15, 0.2) is 0 Å². The Balaban J connectivity index is 1.17. The van der Waals surface area contributed by atoms with Crippen LogP contribution in [0.4, 0.5) is 11.4 Å². The minimum atomic E-state index is 0.177. The molecule has 0 aromatic heterocycles. The van der Waals surface area contributed by atoms with E-state index in [9.17, 15) is 9.59 Å². The van der Waals surface area contributed by atoms with Crippen LogP contribution >= 0.6 is 0 Å². The van der Waals surface area contributed by atoms with E-state index in [0.29, 0.717) is 11.8 Å². The van der Waals surface area contributed by atoms with Crippen molar-refractivity contribution in [1.29, 1.82) is 0 Å². The Bertz CT molecular complexity index is 652. The number of rotatable bonds is 4. The molecule has 4 aliphatic carbocycles. The molecule has 26 heavy (non-hydrogen) atoms. The number of benzene rings is 1. The molecule has 2 N–H and O–H groups in total. The first kappa shape index (κ1) is 16.3. The number of nitrogens with one attached hydrogen (secondary N) is 2. The number of anilines is 2. The molecule has 1 aromatic carbocycles. The van der Waals surface area contributed by atoms with Gasteiger partial charge >= 0.3 is 0 Å². The third kappa shape index (κ3) is 2.93. The van der Waals surface area contributed by atoms with Crippen molar-refractivity contribution in [2.45, 2.75) is 51.4 Å². The first-order valence-corrected chi connectivity index (χ1v) is 10.4. The van der Waals surface area contributed by atoms with E-state index in [2.05, 4.69) is 10.6 Å². The highest BCUT2D eigenvalue weighted by Crippen LogP contribution is 2.49. The molecule has 0 aliphatic heterocycles. The fourth-order valence-electron chi connectivity index (χ4n) is 6.24. The highest BCUT2D eigenvalue weighted by molar-refractivity contribution is 5.95. The molecule has 0 saturated heterocycles. The highest BCUT2D eigenvalue weighted by Gasteiger charge is 2.44. The molecule has 4 saturated carbocycles. The molecular formula is C22H28N2O2. The fourth-order valence-corrected chi connectivity index (χ4v) is 6.24. The van der Waals surface area contributed by atoms with Gasteiger partial charge in [-0.3, -0.25) is 9.59 Å². The quantitative estimate of drug-likeness (QED) is 0.842. The Hall–Kier alpha value is -1.84. The maximum Gasteiger partial charge on any atom is 0.227 e. The molecule has 138 valence electrons. The zero-order chi connectivity index (χ0) is 17.7. The molecule has 0 spiro atoms. The van der Waals surface area contributed by atoms with Crippen LogP contribution in [0.1, 0.15) is 51.4 Å². The van der Waals surface area contributed by atoms with Gasteiger partial charge in [-0.05, 0) is 86.5 Å². The van der Waals surface area contributed by atoms with Crippen LogP contribution in [0.5, 0.6) is 0 Å². The van der Waals surface area contributed by atoms with Crippen molar-refractivity contribution in [2.75, 3.05) is 10.6 Å². The Morgan fingerprint density at radius 3 is 1.38 bits per heavy atom. The van der Waals surface area contributed by atoms with Crippen LogP contribution in [0, 0.1) is 35.5 Å². The summed E-state index contributed by atoms with van der Waals surface area (Å²) in [4.78, 5) is 25.1. The Kier molecular flexibility index (Phi) is 4.02. The van der Waals surface area contributed by atoms with Gasteiger partial charge < -0.3 is 10.6 Å². The second-order valence-corrected chi connectivity index (χ2v) is 9.12. The molecule has 4 aliphatic rings. The van der Waals surface area contributed by atoms with Gasteiger partial charge in [-0.15, -0.1) is 0 Å². The van der Waals surface area contributed by atoms with Crippen LogP contribution in [0.2, 0.25) is 0 Å². The zero-order valence-corrected chi connectivity index (χ0v) is 15.2. The van der Waals surface area contributed by atoms with Gasteiger partial charge in [-0.2, -0.15) is 0 Å². The molecular weight excluding hydrogens is 324 g/mol. The van der Waals surface area contributed by atoms with Crippen LogP contribution in [-0.2, 0) is 9.59 Å². The van der Waals surface area contributed by atoms with Crippen molar-refractivity contribution in [3.05, 3.63) is 24.3 Å². The number of amides is 2. The summed E-state index contributed by atoms with van der Waals surface area (Å²) in [6, 6.07) is 7.62. The lowest BCUT2D eigenvalue weighted by Crippen LogP contribution is -2.27. The molecule has 6 atom stereocenters. The molecule has 1 aromatic rings. The summed E-state index contributed by atoms with van der Waals surface area (Å²) in [7, 11) is 0. The monoisotopic (exact) mass is 352 g/mol. The summed E-state index contributed by atoms with van der Waals surface area (Å²) >= 11 is 0. The van der Waals surface area contributed by atoms with Crippen LogP contribution in [0.15, 0.2) is 24.3 Å². The summed E-state index contributed by atoms with van der Waals surface area (Å²) in [5.74, 6) is 3.50. The average Bonchev–Trinajstić information content (AvgIpc) is 3.43. The standard InChI is InChI=1S/C22H28N2O2/c25-21(19-11-13-1-3-15(19)9-13)23-17-5-7-18(8-6-17)24-22(26)20-12-14-2-4-16(20)10-14/h5-8,13-16,19-20H,1-4,9-12H2,(H,23,25)(H,24,26). The average molecular weight is 352 g/mol. The van der Waals surface area contributed by atoms with Crippen molar-refractivity contribution < 1.29 is 9.59 Å². The predicted octanol–water partition coefficient (Wildman–Crippen LogP) is 4.44. The van der Waals surface area contributed by atoms with Gasteiger partial charge in [-0.25, -0.2) is 0 Å². The van der Waals surface area contributed by atoms with Crippen LogP contribution in [-0.4, -0.2) is 11.8 Å². The smallest absolute Gasteiger partial charge is 0.227 e. The van der Waals surface area contributed by atoms with Gasteiger partial charge in [0.2, 0.25) is 11.8 Å². The number of carbonyl (C=O) groups excluding carboxylic acids is 2. The Morgan fingerprint density at radius 2 is 1.08 bits per heavy atom. The van der Waals surface area contributed by atoms with E-state index in [1.54, 1.807) is 0 Å². The van der Waals surface area contributed by atoms with Gasteiger partial charge in [0.25, 0.3) is 0 Å². The van der Waals surface area contributed by atoms with Gasteiger partial charge in [-0.1, -0.05) is 12.8 Å². The molecule has 5 rings (SSSR count). The van der Waals surface area contributed by atoms with Crippen molar-refractivity contribution in [1.82, 2.24) is 0 Å². The van der Waals surface area contributed by atoms with Crippen molar-refractivity contribution in [3.63, 3.8) is 0 Å². The summed E-state index contributed by atoms with van der Waals surface area (Å²) in [6.07, 6.45) is 9.67. The second-order valence-electron chi connectivity index (χ2n) is 9.12. The van der Waals surface area contributed by atoms with Gasteiger partial charge in [0.05, 0.1) is 0 Å². The van der Waals surface area contributed by atoms with Crippen molar-refractivity contribution in [3.8, 4) is 0 Å². The molecule has 0 heterocycles. The third-order valence-corrected chi connectivity index (χ3v) is 7.57. The number of hydrogen-bond acceptors (Lipinski definition) is 2. The third-order valence-electron chi connectivity index (χ3n) is 7.57. The van der Waals surface area contributed by atoms with E-state index in [0.717, 1.165) is 36.1 Å². The van der Waals surface area contributed by atoms with E-state index < -0.39 is 0 Å². The molecule has 4 fully saturated rings. The topological polar surface area (TPSA) is 58.2 Å². The van der Waals surface area contributed by atoms with Gasteiger partial charge in [0, 0.05) is 23.2 Å². The summed E-state index contributed by atoms with van der Waals surface area (Å²) < 4.78 is 0. The number of hydrogen-bond donors (Lipinski definition) is 2. The van der Waals surface area contributed by atoms with Crippen LogP contribution in [0.25, 0.3) is 0 Å². The maximum absolute atomic E-state index is 12.5. The van der Waals surface area contributed by atoms with E-state index in [1.165, 1.54) is 38.5 Å². The lowest BCUT2D eigenvalue weighted by Gasteiger charge is -2.21. The van der Waals surface area contributed by atoms with Crippen LogP contribution < -0.4 is 10.6 Å². The van der Waals surface area contributed by atoms with Gasteiger partial charge in [0.1, 0.15) is 0 Å². The number of fused-ring (bicyclic) bond motifs is 4. The first-order chi connectivity index (χ1) is 12.7.